The van der Waals surface area contributed by atoms with E-state index < -0.39 is 0 Å². The van der Waals surface area contributed by atoms with Crippen LogP contribution < -0.4 is 5.32 Å². The smallest absolute Gasteiger partial charge is 0.0709 e. The molecular weight excluding hydrogens is 174 g/mol. The van der Waals surface area contributed by atoms with Gasteiger partial charge in [0.1, 0.15) is 0 Å². The summed E-state index contributed by atoms with van der Waals surface area (Å²) in [5.74, 6) is 1.72. The van der Waals surface area contributed by atoms with Crippen LogP contribution in [0.2, 0.25) is 0 Å². The minimum Gasteiger partial charge on any atom is -0.375 e. The molecular formula is C12H23NO. The minimum absolute atomic E-state index is 0.248. The molecule has 1 atom stereocenters. The molecule has 0 aromatic carbocycles. The van der Waals surface area contributed by atoms with E-state index in [1.54, 1.807) is 0 Å². The Morgan fingerprint density at radius 1 is 1.29 bits per heavy atom. The van der Waals surface area contributed by atoms with Gasteiger partial charge in [-0.05, 0) is 50.6 Å². The Hall–Kier alpha value is -0.0800. The highest BCUT2D eigenvalue weighted by atomic mass is 16.5. The first-order valence-electron chi connectivity index (χ1n) is 6.07. The molecule has 0 aromatic rings. The monoisotopic (exact) mass is 197 g/mol. The van der Waals surface area contributed by atoms with E-state index in [1.165, 1.54) is 25.7 Å². The molecule has 14 heavy (non-hydrogen) atoms. The molecule has 2 nitrogen and oxygen atoms in total. The van der Waals surface area contributed by atoms with Crippen LogP contribution in [0, 0.1) is 11.8 Å². The molecule has 2 heterocycles. The van der Waals surface area contributed by atoms with Gasteiger partial charge in [0.25, 0.3) is 0 Å². The third kappa shape index (κ3) is 2.12. The van der Waals surface area contributed by atoms with Crippen molar-refractivity contribution in [2.75, 3.05) is 19.7 Å². The van der Waals surface area contributed by atoms with E-state index in [-0.39, 0.29) is 5.60 Å². The average Bonchev–Trinajstić information content (AvgIpc) is 2.19. The largest absolute Gasteiger partial charge is 0.375 e. The lowest BCUT2D eigenvalue weighted by Crippen LogP contribution is -2.48. The van der Waals surface area contributed by atoms with Crippen molar-refractivity contribution in [2.24, 2.45) is 11.8 Å². The maximum absolute atomic E-state index is 6.05. The molecule has 0 bridgehead atoms. The topological polar surface area (TPSA) is 21.3 Å². The lowest BCUT2D eigenvalue weighted by molar-refractivity contribution is -0.119. The van der Waals surface area contributed by atoms with Gasteiger partial charge in [-0.3, -0.25) is 0 Å². The Kier molecular flexibility index (Phi) is 3.13. The van der Waals surface area contributed by atoms with Crippen LogP contribution in [0.5, 0.6) is 0 Å². The van der Waals surface area contributed by atoms with Crippen LogP contribution in [-0.2, 0) is 4.74 Å². The van der Waals surface area contributed by atoms with Crippen molar-refractivity contribution in [1.29, 1.82) is 0 Å². The first-order valence-corrected chi connectivity index (χ1v) is 6.07. The van der Waals surface area contributed by atoms with E-state index in [2.05, 4.69) is 19.2 Å². The zero-order chi connectivity index (χ0) is 10.0. The third-order valence-corrected chi connectivity index (χ3v) is 3.99. The van der Waals surface area contributed by atoms with Crippen molar-refractivity contribution >= 4 is 0 Å². The first-order chi connectivity index (χ1) is 6.72. The fourth-order valence-electron chi connectivity index (χ4n) is 2.87. The summed E-state index contributed by atoms with van der Waals surface area (Å²) < 4.78 is 6.05. The number of rotatable bonds is 1. The van der Waals surface area contributed by atoms with Crippen LogP contribution in [0.3, 0.4) is 0 Å². The molecule has 2 rings (SSSR count). The predicted molar refractivity (Wildman–Crippen MR) is 58.3 cm³/mol. The standard InChI is InChI=1S/C12H23NO/c1-10(2)11-3-8-14-12(9-11)4-6-13-7-5-12/h10-11,13H,3-9H2,1-2H3. The zero-order valence-electron chi connectivity index (χ0n) is 9.51. The van der Waals surface area contributed by atoms with Crippen molar-refractivity contribution in [1.82, 2.24) is 5.32 Å². The maximum Gasteiger partial charge on any atom is 0.0709 e. The second-order valence-corrected chi connectivity index (χ2v) is 5.28. The van der Waals surface area contributed by atoms with Gasteiger partial charge in [-0.25, -0.2) is 0 Å². The molecule has 2 aliphatic heterocycles. The van der Waals surface area contributed by atoms with Crippen LogP contribution in [0.15, 0.2) is 0 Å². The Labute approximate surface area is 87.4 Å². The van der Waals surface area contributed by atoms with E-state index in [0.717, 1.165) is 31.5 Å². The normalized spacial score (nSPS) is 32.4. The Bertz CT molecular complexity index is 179. The number of hydrogen-bond acceptors (Lipinski definition) is 2. The number of piperidine rings is 1. The predicted octanol–water partition coefficient (Wildman–Crippen LogP) is 2.19. The summed E-state index contributed by atoms with van der Waals surface area (Å²) in [7, 11) is 0. The van der Waals surface area contributed by atoms with Gasteiger partial charge in [0.15, 0.2) is 0 Å². The molecule has 1 spiro atoms. The van der Waals surface area contributed by atoms with Gasteiger partial charge in [-0.15, -0.1) is 0 Å². The Morgan fingerprint density at radius 2 is 2.00 bits per heavy atom. The molecule has 0 saturated carbocycles. The van der Waals surface area contributed by atoms with Crippen LogP contribution in [0.1, 0.15) is 39.5 Å². The van der Waals surface area contributed by atoms with Crippen molar-refractivity contribution in [3.63, 3.8) is 0 Å². The van der Waals surface area contributed by atoms with Crippen LogP contribution in [-0.4, -0.2) is 25.3 Å². The van der Waals surface area contributed by atoms with Gasteiger partial charge >= 0.3 is 0 Å². The lowest BCUT2D eigenvalue weighted by atomic mass is 9.76. The summed E-state index contributed by atoms with van der Waals surface area (Å²) in [4.78, 5) is 0. The molecule has 82 valence electrons. The summed E-state index contributed by atoms with van der Waals surface area (Å²) in [5, 5.41) is 3.42. The number of ether oxygens (including phenoxy) is 1. The van der Waals surface area contributed by atoms with Gasteiger partial charge in [0.2, 0.25) is 0 Å². The minimum atomic E-state index is 0.248. The summed E-state index contributed by atoms with van der Waals surface area (Å²) in [5.41, 5.74) is 0.248. The zero-order valence-corrected chi connectivity index (χ0v) is 9.51. The number of nitrogens with one attached hydrogen (secondary N) is 1. The molecule has 2 heteroatoms. The molecule has 2 aliphatic rings. The summed E-state index contributed by atoms with van der Waals surface area (Å²) >= 11 is 0. The summed E-state index contributed by atoms with van der Waals surface area (Å²) in [6.45, 7) is 7.98. The molecule has 0 radical (unpaired) electrons. The van der Waals surface area contributed by atoms with E-state index >= 15 is 0 Å². The molecule has 1 unspecified atom stereocenters. The van der Waals surface area contributed by atoms with Crippen molar-refractivity contribution < 1.29 is 4.74 Å². The molecule has 0 aromatic heterocycles. The maximum atomic E-state index is 6.05. The molecule has 2 fully saturated rings. The van der Waals surface area contributed by atoms with Crippen LogP contribution in [0.4, 0.5) is 0 Å². The lowest BCUT2D eigenvalue weighted by Gasteiger charge is -2.44. The highest BCUT2D eigenvalue weighted by molar-refractivity contribution is 4.91. The Morgan fingerprint density at radius 3 is 2.64 bits per heavy atom. The van der Waals surface area contributed by atoms with E-state index in [9.17, 15) is 0 Å². The Balaban J connectivity index is 1.97. The van der Waals surface area contributed by atoms with Crippen LogP contribution >= 0.6 is 0 Å². The van der Waals surface area contributed by atoms with Gasteiger partial charge in [-0.2, -0.15) is 0 Å². The van der Waals surface area contributed by atoms with Gasteiger partial charge < -0.3 is 10.1 Å². The first kappa shape index (κ1) is 10.4. The molecule has 0 amide bonds. The second-order valence-electron chi connectivity index (χ2n) is 5.28. The molecule has 1 N–H and O–H groups in total. The van der Waals surface area contributed by atoms with Crippen molar-refractivity contribution in [3.8, 4) is 0 Å². The number of hydrogen-bond donors (Lipinski definition) is 1. The van der Waals surface area contributed by atoms with E-state index in [1.807, 2.05) is 0 Å². The van der Waals surface area contributed by atoms with E-state index in [4.69, 9.17) is 4.74 Å². The molecule has 2 saturated heterocycles. The highest BCUT2D eigenvalue weighted by Gasteiger charge is 2.38. The second kappa shape index (κ2) is 4.19. The van der Waals surface area contributed by atoms with E-state index in [0.29, 0.717) is 0 Å². The van der Waals surface area contributed by atoms with Gasteiger partial charge in [-0.1, -0.05) is 13.8 Å². The third-order valence-electron chi connectivity index (χ3n) is 3.99. The van der Waals surface area contributed by atoms with Crippen molar-refractivity contribution in [3.05, 3.63) is 0 Å². The average molecular weight is 197 g/mol. The fraction of sp³-hybridized carbons (Fsp3) is 1.00. The molecule has 0 aliphatic carbocycles. The highest BCUT2D eigenvalue weighted by Crippen LogP contribution is 2.38. The SMILES string of the molecule is CC(C)C1CCOC2(CCNCC2)C1. The summed E-state index contributed by atoms with van der Waals surface area (Å²) in [6, 6.07) is 0. The van der Waals surface area contributed by atoms with Gasteiger partial charge in [0.05, 0.1) is 5.60 Å². The fourth-order valence-corrected chi connectivity index (χ4v) is 2.87. The summed E-state index contributed by atoms with van der Waals surface area (Å²) in [6.07, 6.45) is 5.01. The van der Waals surface area contributed by atoms with Crippen molar-refractivity contribution in [2.45, 2.75) is 45.1 Å². The quantitative estimate of drug-likeness (QED) is 0.696. The van der Waals surface area contributed by atoms with Crippen LogP contribution in [0.25, 0.3) is 0 Å². The van der Waals surface area contributed by atoms with Gasteiger partial charge in [0, 0.05) is 6.61 Å².